The number of hydrogen-bond acceptors (Lipinski definition) is 5. The van der Waals surface area contributed by atoms with E-state index < -0.39 is 0 Å². The maximum absolute atomic E-state index is 12.8. The Kier molecular flexibility index (Phi) is 6.26. The lowest BCUT2D eigenvalue weighted by molar-refractivity contribution is 0.0877. The molecule has 6 heteroatoms. The summed E-state index contributed by atoms with van der Waals surface area (Å²) >= 11 is 0. The first kappa shape index (κ1) is 18.4. The predicted molar refractivity (Wildman–Crippen MR) is 99.6 cm³/mol. The molecule has 0 saturated heterocycles. The zero-order chi connectivity index (χ0) is 18.4. The Morgan fingerprint density at radius 2 is 1.96 bits per heavy atom. The molecule has 0 aliphatic heterocycles. The maximum Gasteiger partial charge on any atom is 0.336 e. The third-order valence-corrected chi connectivity index (χ3v) is 4.85. The van der Waals surface area contributed by atoms with Crippen LogP contribution in [0.4, 0.5) is 0 Å². The average Bonchev–Trinajstić information content (AvgIpc) is 3.34. The monoisotopic (exact) mass is 357 g/mol. The molecule has 1 aliphatic rings. The molecule has 3 rings (SSSR count). The van der Waals surface area contributed by atoms with Gasteiger partial charge in [-0.05, 0) is 43.0 Å². The summed E-state index contributed by atoms with van der Waals surface area (Å²) in [5, 5.41) is 4.31. The lowest BCUT2D eigenvalue weighted by Crippen LogP contribution is -2.15. The lowest BCUT2D eigenvalue weighted by Gasteiger charge is -2.09. The summed E-state index contributed by atoms with van der Waals surface area (Å²) in [5.74, 6) is 1.93. The molecule has 0 atom stereocenters. The minimum absolute atomic E-state index is 0.0263. The number of aromatic nitrogens is 3. The highest BCUT2D eigenvalue weighted by Crippen LogP contribution is 2.29. The van der Waals surface area contributed by atoms with E-state index in [1.54, 1.807) is 7.11 Å². The second-order valence-corrected chi connectivity index (χ2v) is 6.79. The van der Waals surface area contributed by atoms with E-state index in [2.05, 4.69) is 10.1 Å². The molecule has 1 saturated carbocycles. The summed E-state index contributed by atoms with van der Waals surface area (Å²) in [5.41, 5.74) is 0.818. The molecule has 1 heterocycles. The lowest BCUT2D eigenvalue weighted by atomic mass is 10.0. The number of benzene rings is 1. The quantitative estimate of drug-likeness (QED) is 0.702. The van der Waals surface area contributed by atoms with E-state index in [4.69, 9.17) is 9.47 Å². The Balaban J connectivity index is 1.80. The molecule has 140 valence electrons. The van der Waals surface area contributed by atoms with E-state index in [-0.39, 0.29) is 11.9 Å². The molecule has 1 aromatic carbocycles. The Labute approximate surface area is 154 Å². The Hall–Kier alpha value is -2.37. The van der Waals surface area contributed by atoms with Crippen LogP contribution in [0.2, 0.25) is 0 Å². The van der Waals surface area contributed by atoms with E-state index in [0.717, 1.165) is 24.2 Å². The third kappa shape index (κ3) is 4.42. The number of carbonyl (C=O) groups is 1. The second-order valence-electron chi connectivity index (χ2n) is 6.79. The average molecular weight is 357 g/mol. The fourth-order valence-corrected chi connectivity index (χ4v) is 3.38. The van der Waals surface area contributed by atoms with E-state index >= 15 is 0 Å². The number of carbonyl (C=O) groups excluding carboxylic acids is 1. The number of nitrogens with zero attached hydrogens (tertiary/aromatic N) is 3. The van der Waals surface area contributed by atoms with Crippen LogP contribution >= 0.6 is 0 Å². The van der Waals surface area contributed by atoms with E-state index in [9.17, 15) is 4.79 Å². The van der Waals surface area contributed by atoms with Gasteiger partial charge in [0.05, 0.1) is 13.7 Å². The summed E-state index contributed by atoms with van der Waals surface area (Å²) in [6.45, 7) is 2.55. The van der Waals surface area contributed by atoms with Gasteiger partial charge < -0.3 is 9.47 Å². The molecule has 0 bridgehead atoms. The molecule has 0 radical (unpaired) electrons. The van der Waals surface area contributed by atoms with Gasteiger partial charge in [-0.3, -0.25) is 4.79 Å². The van der Waals surface area contributed by atoms with Gasteiger partial charge in [-0.25, -0.2) is 0 Å². The number of hydrogen-bond donors (Lipinski definition) is 0. The predicted octanol–water partition coefficient (Wildman–Crippen LogP) is 4.35. The van der Waals surface area contributed by atoms with Crippen LogP contribution in [-0.4, -0.2) is 34.4 Å². The third-order valence-electron chi connectivity index (χ3n) is 4.85. The molecule has 6 nitrogen and oxygen atoms in total. The number of rotatable bonds is 8. The highest BCUT2D eigenvalue weighted by molar-refractivity contribution is 5.82. The largest absolute Gasteiger partial charge is 0.497 e. The van der Waals surface area contributed by atoms with Crippen LogP contribution in [0.3, 0.4) is 0 Å². The summed E-state index contributed by atoms with van der Waals surface area (Å²) in [4.78, 5) is 17.2. The molecule has 2 aromatic rings. The van der Waals surface area contributed by atoms with Crippen LogP contribution < -0.4 is 9.47 Å². The van der Waals surface area contributed by atoms with Crippen molar-refractivity contribution in [3.8, 4) is 23.1 Å². The summed E-state index contributed by atoms with van der Waals surface area (Å²) in [6.07, 6.45) is 7.32. The highest BCUT2D eigenvalue weighted by Gasteiger charge is 2.21. The first-order valence-corrected chi connectivity index (χ1v) is 9.48. The van der Waals surface area contributed by atoms with E-state index in [1.807, 2.05) is 31.2 Å². The van der Waals surface area contributed by atoms with Gasteiger partial charge in [0.25, 0.3) is 0 Å². The molecule has 1 aliphatic carbocycles. The summed E-state index contributed by atoms with van der Waals surface area (Å²) < 4.78 is 12.2. The molecule has 1 aromatic heterocycles. The minimum Gasteiger partial charge on any atom is -0.497 e. The number of ether oxygens (including phenoxy) is 2. The standard InChI is InChI=1S/C20H27N3O3/c1-3-14-26-20-21-19(16-9-11-17(25-2)12-10-16)23(22-20)18(24)13-8-15-6-4-5-7-15/h9-12,15H,3-8,13-14H2,1-2H3. The van der Waals surface area contributed by atoms with Crippen LogP contribution in [-0.2, 0) is 0 Å². The van der Waals surface area contributed by atoms with Crippen LogP contribution in [0.1, 0.15) is 56.7 Å². The van der Waals surface area contributed by atoms with Crippen molar-refractivity contribution in [3.63, 3.8) is 0 Å². The first-order chi connectivity index (χ1) is 12.7. The molecule has 0 spiro atoms. The van der Waals surface area contributed by atoms with Crippen LogP contribution in [0, 0.1) is 5.92 Å². The van der Waals surface area contributed by atoms with Crippen molar-refractivity contribution in [1.29, 1.82) is 0 Å². The van der Waals surface area contributed by atoms with Gasteiger partial charge in [-0.2, -0.15) is 9.67 Å². The second kappa shape index (κ2) is 8.83. The molecule has 26 heavy (non-hydrogen) atoms. The summed E-state index contributed by atoms with van der Waals surface area (Å²) in [7, 11) is 1.63. The van der Waals surface area contributed by atoms with Crippen LogP contribution in [0.25, 0.3) is 11.4 Å². The first-order valence-electron chi connectivity index (χ1n) is 9.48. The molecule has 0 unspecified atom stereocenters. The van der Waals surface area contributed by atoms with E-state index in [0.29, 0.717) is 24.8 Å². The van der Waals surface area contributed by atoms with Gasteiger partial charge in [0.15, 0.2) is 5.82 Å². The Bertz CT molecular complexity index is 718. The van der Waals surface area contributed by atoms with Gasteiger partial charge >= 0.3 is 6.01 Å². The summed E-state index contributed by atoms with van der Waals surface area (Å²) in [6, 6.07) is 7.72. The zero-order valence-corrected chi connectivity index (χ0v) is 15.6. The Morgan fingerprint density at radius 3 is 2.62 bits per heavy atom. The Morgan fingerprint density at radius 1 is 1.23 bits per heavy atom. The SMILES string of the molecule is CCCOc1nc(-c2ccc(OC)cc2)n(C(=O)CCC2CCCC2)n1. The number of methoxy groups -OCH3 is 1. The van der Waals surface area contributed by atoms with Crippen molar-refractivity contribution in [3.05, 3.63) is 24.3 Å². The minimum atomic E-state index is -0.0263. The van der Waals surface area contributed by atoms with E-state index in [1.165, 1.54) is 30.4 Å². The van der Waals surface area contributed by atoms with Crippen molar-refractivity contribution in [1.82, 2.24) is 14.8 Å². The molecule has 1 fully saturated rings. The normalized spacial score (nSPS) is 14.5. The molecule has 0 amide bonds. The topological polar surface area (TPSA) is 66.2 Å². The van der Waals surface area contributed by atoms with Crippen LogP contribution in [0.5, 0.6) is 11.8 Å². The zero-order valence-electron chi connectivity index (χ0n) is 15.6. The van der Waals surface area contributed by atoms with Crippen molar-refractivity contribution in [2.75, 3.05) is 13.7 Å². The molecular weight excluding hydrogens is 330 g/mol. The van der Waals surface area contributed by atoms with Crippen molar-refractivity contribution < 1.29 is 14.3 Å². The van der Waals surface area contributed by atoms with Gasteiger partial charge in [0.2, 0.25) is 5.91 Å². The smallest absolute Gasteiger partial charge is 0.336 e. The fourth-order valence-electron chi connectivity index (χ4n) is 3.38. The molecule has 0 N–H and O–H groups in total. The highest BCUT2D eigenvalue weighted by atomic mass is 16.5. The van der Waals surface area contributed by atoms with Gasteiger partial charge in [-0.15, -0.1) is 5.10 Å². The van der Waals surface area contributed by atoms with Gasteiger partial charge in [0.1, 0.15) is 5.75 Å². The molecular formula is C20H27N3O3. The fraction of sp³-hybridized carbons (Fsp3) is 0.550. The van der Waals surface area contributed by atoms with Gasteiger partial charge in [-0.1, -0.05) is 32.6 Å². The van der Waals surface area contributed by atoms with Crippen LogP contribution in [0.15, 0.2) is 24.3 Å². The van der Waals surface area contributed by atoms with Crippen molar-refractivity contribution >= 4 is 5.91 Å². The maximum atomic E-state index is 12.8. The van der Waals surface area contributed by atoms with Gasteiger partial charge in [0, 0.05) is 12.0 Å². The van der Waals surface area contributed by atoms with Crippen molar-refractivity contribution in [2.45, 2.75) is 51.9 Å². The van der Waals surface area contributed by atoms with Crippen molar-refractivity contribution in [2.24, 2.45) is 5.92 Å².